The van der Waals surface area contributed by atoms with Gasteiger partial charge in [0, 0.05) is 11.8 Å². The van der Waals surface area contributed by atoms with Crippen molar-refractivity contribution in [1.82, 2.24) is 9.97 Å². The second-order valence-electron chi connectivity index (χ2n) is 3.58. The average Bonchev–Trinajstić information content (AvgIpc) is 2.33. The van der Waals surface area contributed by atoms with Gasteiger partial charge in [0.1, 0.15) is 23.3 Å². The number of anilines is 3. The lowest BCUT2D eigenvalue weighted by atomic mass is 10.3. The van der Waals surface area contributed by atoms with Crippen molar-refractivity contribution in [2.75, 3.05) is 10.7 Å². The molecule has 0 spiro atoms. The van der Waals surface area contributed by atoms with Gasteiger partial charge in [-0.3, -0.25) is 0 Å². The fourth-order valence-corrected chi connectivity index (χ4v) is 1.54. The zero-order chi connectivity index (χ0) is 13.1. The number of hydrogen-bond acceptors (Lipinski definition) is 5. The molecule has 0 atom stereocenters. The van der Waals surface area contributed by atoms with Crippen molar-refractivity contribution in [2.45, 2.75) is 6.92 Å². The molecular weight excluding hydrogens is 257 g/mol. The topological polar surface area (TPSA) is 75.9 Å². The van der Waals surface area contributed by atoms with Crippen LogP contribution in [0, 0.1) is 12.7 Å². The van der Waals surface area contributed by atoms with Crippen LogP contribution in [-0.4, -0.2) is 9.97 Å². The molecule has 0 saturated carbocycles. The van der Waals surface area contributed by atoms with Crippen LogP contribution in [0.2, 0.25) is 5.02 Å². The molecular formula is C11H11ClFN5. The first-order chi connectivity index (χ1) is 8.58. The minimum Gasteiger partial charge on any atom is -0.340 e. The lowest BCUT2D eigenvalue weighted by Crippen LogP contribution is -2.10. The zero-order valence-electron chi connectivity index (χ0n) is 9.54. The molecule has 0 aliphatic carbocycles. The van der Waals surface area contributed by atoms with E-state index in [0.717, 1.165) is 0 Å². The van der Waals surface area contributed by atoms with Gasteiger partial charge < -0.3 is 10.7 Å². The first kappa shape index (κ1) is 12.5. The van der Waals surface area contributed by atoms with E-state index in [-0.39, 0.29) is 5.02 Å². The second kappa shape index (κ2) is 5.16. The van der Waals surface area contributed by atoms with E-state index in [1.165, 1.54) is 12.1 Å². The molecule has 2 rings (SSSR count). The van der Waals surface area contributed by atoms with Crippen LogP contribution in [0.4, 0.5) is 21.7 Å². The molecule has 18 heavy (non-hydrogen) atoms. The van der Waals surface area contributed by atoms with Gasteiger partial charge in [-0.1, -0.05) is 11.6 Å². The maximum Gasteiger partial charge on any atom is 0.145 e. The molecule has 0 fully saturated rings. The first-order valence-electron chi connectivity index (χ1n) is 5.13. The van der Waals surface area contributed by atoms with E-state index in [4.69, 9.17) is 17.4 Å². The largest absolute Gasteiger partial charge is 0.340 e. The molecule has 0 aliphatic heterocycles. The fourth-order valence-electron chi connectivity index (χ4n) is 1.43. The van der Waals surface area contributed by atoms with E-state index in [1.54, 1.807) is 19.1 Å². The maximum atomic E-state index is 13.3. The number of aromatic nitrogens is 2. The second-order valence-corrected chi connectivity index (χ2v) is 3.99. The Hall–Kier alpha value is -1.92. The Labute approximate surface area is 108 Å². The molecule has 0 saturated heterocycles. The van der Waals surface area contributed by atoms with E-state index in [1.807, 2.05) is 0 Å². The Kier molecular flexibility index (Phi) is 3.59. The van der Waals surface area contributed by atoms with Crippen LogP contribution < -0.4 is 16.6 Å². The molecule has 1 heterocycles. The van der Waals surface area contributed by atoms with Crippen LogP contribution >= 0.6 is 11.6 Å². The summed E-state index contributed by atoms with van der Waals surface area (Å²) >= 11 is 5.60. The van der Waals surface area contributed by atoms with Gasteiger partial charge >= 0.3 is 0 Å². The molecule has 94 valence electrons. The number of hydrogen-bond donors (Lipinski definition) is 3. The summed E-state index contributed by atoms with van der Waals surface area (Å²) in [6.45, 7) is 1.73. The van der Waals surface area contributed by atoms with Crippen LogP contribution in [0.3, 0.4) is 0 Å². The third-order valence-corrected chi connectivity index (χ3v) is 2.48. The monoisotopic (exact) mass is 267 g/mol. The van der Waals surface area contributed by atoms with Crippen molar-refractivity contribution in [3.05, 3.63) is 40.9 Å². The third-order valence-electron chi connectivity index (χ3n) is 2.18. The van der Waals surface area contributed by atoms with Crippen molar-refractivity contribution >= 4 is 28.9 Å². The fraction of sp³-hybridized carbons (Fsp3) is 0.0909. The van der Waals surface area contributed by atoms with E-state index < -0.39 is 5.82 Å². The summed E-state index contributed by atoms with van der Waals surface area (Å²) in [5, 5.41) is 3.02. The highest BCUT2D eigenvalue weighted by molar-refractivity contribution is 6.30. The van der Waals surface area contributed by atoms with Crippen molar-refractivity contribution in [2.24, 2.45) is 5.84 Å². The van der Waals surface area contributed by atoms with Crippen LogP contribution in [0.5, 0.6) is 0 Å². The summed E-state index contributed by atoms with van der Waals surface area (Å²) in [5.74, 6) is 6.31. The van der Waals surface area contributed by atoms with Crippen LogP contribution in [0.1, 0.15) is 5.82 Å². The molecule has 7 heteroatoms. The lowest BCUT2D eigenvalue weighted by molar-refractivity contribution is 0.629. The first-order valence-corrected chi connectivity index (χ1v) is 5.50. The molecule has 0 radical (unpaired) electrons. The summed E-state index contributed by atoms with van der Waals surface area (Å²) in [4.78, 5) is 8.20. The number of nitrogens with one attached hydrogen (secondary N) is 2. The maximum absolute atomic E-state index is 13.3. The third kappa shape index (κ3) is 2.85. The summed E-state index contributed by atoms with van der Waals surface area (Å²) in [6, 6.07) is 6.02. The highest BCUT2D eigenvalue weighted by Crippen LogP contribution is 2.22. The van der Waals surface area contributed by atoms with Crippen molar-refractivity contribution < 1.29 is 4.39 Å². The van der Waals surface area contributed by atoms with Gasteiger partial charge in [0.05, 0.1) is 5.02 Å². The molecule has 0 unspecified atom stereocenters. The smallest absolute Gasteiger partial charge is 0.145 e. The normalized spacial score (nSPS) is 10.2. The lowest BCUT2D eigenvalue weighted by Gasteiger charge is -2.08. The highest BCUT2D eigenvalue weighted by atomic mass is 35.5. The van der Waals surface area contributed by atoms with Crippen LogP contribution in [0.15, 0.2) is 24.3 Å². The van der Waals surface area contributed by atoms with Crippen molar-refractivity contribution in [3.8, 4) is 0 Å². The van der Waals surface area contributed by atoms with E-state index >= 15 is 0 Å². The predicted octanol–water partition coefficient (Wildman–Crippen LogP) is 2.61. The Morgan fingerprint density at radius 2 is 1.94 bits per heavy atom. The predicted molar refractivity (Wildman–Crippen MR) is 69.3 cm³/mol. The molecule has 0 amide bonds. The molecule has 5 nitrogen and oxygen atoms in total. The number of aryl methyl sites for hydroxylation is 1. The number of halogens is 2. The zero-order valence-corrected chi connectivity index (χ0v) is 10.3. The molecule has 1 aromatic heterocycles. The van der Waals surface area contributed by atoms with Gasteiger partial charge in [-0.25, -0.2) is 20.2 Å². The number of nitrogens with two attached hydrogens (primary N) is 1. The average molecular weight is 268 g/mol. The Bertz CT molecular complexity index is 575. The number of benzene rings is 1. The van der Waals surface area contributed by atoms with Gasteiger partial charge in [0.2, 0.25) is 0 Å². The van der Waals surface area contributed by atoms with Gasteiger partial charge in [-0.05, 0) is 25.1 Å². The SMILES string of the molecule is Cc1nc(NN)cc(Nc2ccc(Cl)c(F)c2)n1. The summed E-state index contributed by atoms with van der Waals surface area (Å²) < 4.78 is 13.3. The van der Waals surface area contributed by atoms with Gasteiger partial charge in [0.15, 0.2) is 0 Å². The van der Waals surface area contributed by atoms with Crippen molar-refractivity contribution in [1.29, 1.82) is 0 Å². The number of nitrogen functional groups attached to an aromatic ring is 1. The Morgan fingerprint density at radius 3 is 2.61 bits per heavy atom. The molecule has 1 aromatic carbocycles. The highest BCUT2D eigenvalue weighted by Gasteiger charge is 2.04. The van der Waals surface area contributed by atoms with Crippen molar-refractivity contribution in [3.63, 3.8) is 0 Å². The molecule has 0 aliphatic rings. The Morgan fingerprint density at radius 1 is 1.22 bits per heavy atom. The number of hydrazine groups is 1. The van der Waals surface area contributed by atoms with E-state index in [2.05, 4.69) is 20.7 Å². The van der Waals surface area contributed by atoms with Gasteiger partial charge in [-0.2, -0.15) is 0 Å². The van der Waals surface area contributed by atoms with Gasteiger partial charge in [-0.15, -0.1) is 0 Å². The van der Waals surface area contributed by atoms with Crippen LogP contribution in [-0.2, 0) is 0 Å². The summed E-state index contributed by atoms with van der Waals surface area (Å²) in [5.41, 5.74) is 2.97. The minimum absolute atomic E-state index is 0.0729. The summed E-state index contributed by atoms with van der Waals surface area (Å²) in [6.07, 6.45) is 0. The van der Waals surface area contributed by atoms with E-state index in [0.29, 0.717) is 23.1 Å². The van der Waals surface area contributed by atoms with E-state index in [9.17, 15) is 4.39 Å². The minimum atomic E-state index is -0.496. The van der Waals surface area contributed by atoms with Gasteiger partial charge in [0.25, 0.3) is 0 Å². The quantitative estimate of drug-likeness (QED) is 0.589. The molecule has 4 N–H and O–H groups in total. The number of nitrogens with zero attached hydrogens (tertiary/aromatic N) is 2. The number of rotatable bonds is 3. The molecule has 0 bridgehead atoms. The van der Waals surface area contributed by atoms with Crippen LogP contribution in [0.25, 0.3) is 0 Å². The summed E-state index contributed by atoms with van der Waals surface area (Å²) in [7, 11) is 0. The standard InChI is InChI=1S/C11H11ClFN5/c1-6-15-10(5-11(16-6)18-14)17-7-2-3-8(12)9(13)4-7/h2-5H,14H2,1H3,(H2,15,16,17,18). The molecule has 2 aromatic rings. The Balaban J connectivity index is 2.27.